The first-order valence-corrected chi connectivity index (χ1v) is 2.96. The van der Waals surface area contributed by atoms with Crippen LogP contribution in [0.1, 0.15) is 6.42 Å². The highest BCUT2D eigenvalue weighted by atomic mass is 35.5. The average molecular weight is 138 g/mol. The second-order valence-corrected chi connectivity index (χ2v) is 2.19. The van der Waals surface area contributed by atoms with Crippen molar-refractivity contribution < 1.29 is 4.29 Å². The molecule has 0 aromatic heterocycles. The zero-order chi connectivity index (χ0) is 6.41. The number of hydrogen-bond acceptors (Lipinski definition) is 2. The second-order valence-electron chi connectivity index (χ2n) is 1.97. The molecule has 0 atom stereocenters. The predicted molar refractivity (Wildman–Crippen MR) is 35.0 cm³/mol. The smallest absolute Gasteiger partial charge is 0.0694 e. The van der Waals surface area contributed by atoms with Crippen LogP contribution in [0.15, 0.2) is 0 Å². The Morgan fingerprint density at radius 2 is 2.12 bits per heavy atom. The molecule has 0 aliphatic heterocycles. The molecule has 0 radical (unpaired) electrons. The highest BCUT2D eigenvalue weighted by Crippen LogP contribution is 1.86. The van der Waals surface area contributed by atoms with E-state index in [0.29, 0.717) is 6.61 Å². The van der Waals surface area contributed by atoms with Crippen LogP contribution < -0.4 is 0 Å². The third-order valence-corrected chi connectivity index (χ3v) is 0.981. The Balaban J connectivity index is 2.72. The van der Waals surface area contributed by atoms with E-state index in [1.165, 1.54) is 0 Å². The number of rotatable bonds is 4. The van der Waals surface area contributed by atoms with Crippen molar-refractivity contribution >= 4 is 11.9 Å². The highest BCUT2D eigenvalue weighted by Gasteiger charge is 1.87. The van der Waals surface area contributed by atoms with Gasteiger partial charge in [0, 0.05) is 0 Å². The van der Waals surface area contributed by atoms with Crippen molar-refractivity contribution in [3.8, 4) is 0 Å². The van der Waals surface area contributed by atoms with Crippen LogP contribution in [-0.2, 0) is 4.29 Å². The Kier molecular flexibility index (Phi) is 5.49. The van der Waals surface area contributed by atoms with Gasteiger partial charge in [-0.15, -0.1) is 0 Å². The van der Waals surface area contributed by atoms with E-state index in [1.807, 2.05) is 14.1 Å². The molecule has 2 nitrogen and oxygen atoms in total. The molecule has 3 heteroatoms. The van der Waals surface area contributed by atoms with Crippen molar-refractivity contribution in [3.05, 3.63) is 0 Å². The van der Waals surface area contributed by atoms with Crippen LogP contribution in [0.5, 0.6) is 0 Å². The Morgan fingerprint density at radius 1 is 1.50 bits per heavy atom. The fourth-order valence-corrected chi connectivity index (χ4v) is 0.544. The van der Waals surface area contributed by atoms with Gasteiger partial charge in [0.2, 0.25) is 0 Å². The van der Waals surface area contributed by atoms with Crippen LogP contribution in [-0.4, -0.2) is 32.1 Å². The van der Waals surface area contributed by atoms with Gasteiger partial charge >= 0.3 is 0 Å². The van der Waals surface area contributed by atoms with Gasteiger partial charge in [0.1, 0.15) is 0 Å². The molecule has 0 aliphatic carbocycles. The van der Waals surface area contributed by atoms with Crippen molar-refractivity contribution in [3.63, 3.8) is 0 Å². The van der Waals surface area contributed by atoms with Crippen LogP contribution in [0.3, 0.4) is 0 Å². The molecule has 0 amide bonds. The summed E-state index contributed by atoms with van der Waals surface area (Å²) in [4.78, 5) is 2.09. The zero-order valence-electron chi connectivity index (χ0n) is 5.35. The van der Waals surface area contributed by atoms with Crippen LogP contribution >= 0.6 is 11.9 Å². The molecule has 0 fully saturated rings. The predicted octanol–water partition coefficient (Wildman–Crippen LogP) is 1.11. The Bertz CT molecular complexity index is 49.7. The molecule has 0 heterocycles. The third kappa shape index (κ3) is 6.21. The molecule has 0 aliphatic rings. The minimum absolute atomic E-state index is 0.639. The molecule has 0 rings (SSSR count). The Labute approximate surface area is 55.5 Å². The summed E-state index contributed by atoms with van der Waals surface area (Å²) in [5.41, 5.74) is 0. The minimum Gasteiger partial charge on any atom is -0.309 e. The van der Waals surface area contributed by atoms with E-state index in [1.54, 1.807) is 0 Å². The van der Waals surface area contributed by atoms with Gasteiger partial charge in [-0.25, -0.2) is 0 Å². The first-order chi connectivity index (χ1) is 3.77. The molecule has 0 aromatic carbocycles. The van der Waals surface area contributed by atoms with Crippen LogP contribution in [0.4, 0.5) is 0 Å². The van der Waals surface area contributed by atoms with E-state index in [-0.39, 0.29) is 0 Å². The van der Waals surface area contributed by atoms with Gasteiger partial charge in [0.15, 0.2) is 0 Å². The monoisotopic (exact) mass is 137 g/mol. The van der Waals surface area contributed by atoms with E-state index in [0.717, 1.165) is 13.0 Å². The molecule has 0 spiro atoms. The van der Waals surface area contributed by atoms with E-state index in [9.17, 15) is 0 Å². The topological polar surface area (TPSA) is 12.5 Å². The lowest BCUT2D eigenvalue weighted by atomic mass is 10.4. The van der Waals surface area contributed by atoms with E-state index in [4.69, 9.17) is 11.9 Å². The first-order valence-electron chi connectivity index (χ1n) is 2.65. The summed E-state index contributed by atoms with van der Waals surface area (Å²) in [6, 6.07) is 0. The maximum absolute atomic E-state index is 4.97. The molecule has 50 valence electrons. The van der Waals surface area contributed by atoms with Crippen molar-refractivity contribution in [2.75, 3.05) is 27.2 Å². The summed E-state index contributed by atoms with van der Waals surface area (Å²) in [6.07, 6.45) is 0.997. The van der Waals surface area contributed by atoms with Gasteiger partial charge in [0.05, 0.1) is 18.5 Å². The lowest BCUT2D eigenvalue weighted by Gasteiger charge is -2.06. The molecular weight excluding hydrogens is 126 g/mol. The maximum atomic E-state index is 4.97. The fraction of sp³-hybridized carbons (Fsp3) is 1.00. The summed E-state index contributed by atoms with van der Waals surface area (Å²) in [6.45, 7) is 1.67. The summed E-state index contributed by atoms with van der Waals surface area (Å²) < 4.78 is 4.34. The largest absolute Gasteiger partial charge is 0.309 e. The summed E-state index contributed by atoms with van der Waals surface area (Å²) >= 11 is 4.97. The van der Waals surface area contributed by atoms with E-state index >= 15 is 0 Å². The highest BCUT2D eigenvalue weighted by molar-refractivity contribution is 6.07. The summed E-state index contributed by atoms with van der Waals surface area (Å²) in [5, 5.41) is 0. The van der Waals surface area contributed by atoms with Crippen molar-refractivity contribution in [2.24, 2.45) is 0 Å². The van der Waals surface area contributed by atoms with E-state index < -0.39 is 0 Å². The molecule has 0 aromatic rings. The molecule has 0 unspecified atom stereocenters. The zero-order valence-corrected chi connectivity index (χ0v) is 6.11. The van der Waals surface area contributed by atoms with Gasteiger partial charge in [-0.05, 0) is 27.1 Å². The molecule has 0 N–H and O–H groups in total. The lowest BCUT2D eigenvalue weighted by molar-refractivity contribution is 0.303. The fourth-order valence-electron chi connectivity index (χ4n) is 0.435. The van der Waals surface area contributed by atoms with Crippen molar-refractivity contribution in [1.29, 1.82) is 0 Å². The van der Waals surface area contributed by atoms with E-state index in [2.05, 4.69) is 9.19 Å². The maximum Gasteiger partial charge on any atom is 0.0694 e. The first kappa shape index (κ1) is 8.21. The molecular formula is C5H12ClNO. The van der Waals surface area contributed by atoms with Crippen LogP contribution in [0, 0.1) is 0 Å². The molecule has 0 saturated carbocycles. The number of halogens is 1. The number of nitrogens with zero attached hydrogens (tertiary/aromatic N) is 1. The quantitative estimate of drug-likeness (QED) is 0.539. The van der Waals surface area contributed by atoms with Crippen molar-refractivity contribution in [2.45, 2.75) is 6.42 Å². The molecule has 0 bridgehead atoms. The van der Waals surface area contributed by atoms with Crippen LogP contribution in [0.2, 0.25) is 0 Å². The minimum atomic E-state index is 0.639. The third-order valence-electron chi connectivity index (χ3n) is 0.827. The van der Waals surface area contributed by atoms with Crippen molar-refractivity contribution in [1.82, 2.24) is 4.90 Å². The summed E-state index contributed by atoms with van der Waals surface area (Å²) in [5.74, 6) is 0. The molecule has 0 saturated heterocycles. The van der Waals surface area contributed by atoms with Gasteiger partial charge in [-0.2, -0.15) is 0 Å². The lowest BCUT2D eigenvalue weighted by Crippen LogP contribution is -2.13. The van der Waals surface area contributed by atoms with Gasteiger partial charge in [0.25, 0.3) is 0 Å². The van der Waals surface area contributed by atoms with Crippen LogP contribution in [0.25, 0.3) is 0 Å². The van der Waals surface area contributed by atoms with Gasteiger partial charge in [-0.3, -0.25) is 4.29 Å². The molecule has 8 heavy (non-hydrogen) atoms. The Hall–Kier alpha value is 0.210. The van der Waals surface area contributed by atoms with Gasteiger partial charge in [-0.1, -0.05) is 0 Å². The second kappa shape index (κ2) is 5.35. The average Bonchev–Trinajstić information content (AvgIpc) is 1.66. The SMILES string of the molecule is CN(C)CCCOCl. The Morgan fingerprint density at radius 3 is 2.50 bits per heavy atom. The normalized spacial score (nSPS) is 10.5. The standard InChI is InChI=1S/C5H12ClNO/c1-7(2)4-3-5-8-6/h3-5H2,1-2H3. The number of hydrogen-bond donors (Lipinski definition) is 0. The summed E-state index contributed by atoms with van der Waals surface area (Å²) in [7, 11) is 4.04. The van der Waals surface area contributed by atoms with Gasteiger partial charge < -0.3 is 4.90 Å².